The van der Waals surface area contributed by atoms with Crippen molar-refractivity contribution in [3.8, 4) is 0 Å². The Morgan fingerprint density at radius 2 is 2.00 bits per heavy atom. The molecule has 0 aliphatic carbocycles. The fraction of sp³-hybridized carbons (Fsp3) is 0.182. The second-order valence-corrected chi connectivity index (χ2v) is 3.54. The molecule has 74 valence electrons. The number of hydrogen-bond acceptors (Lipinski definition) is 2. The molecule has 0 saturated carbocycles. The van der Waals surface area contributed by atoms with Crippen LogP contribution in [0.15, 0.2) is 41.4 Å². The maximum absolute atomic E-state index is 7.36. The number of allylic oxidation sites excluding steroid dienone is 1. The second kappa shape index (κ2) is 5.50. The van der Waals surface area contributed by atoms with Crippen LogP contribution in [0.25, 0.3) is 0 Å². The van der Waals surface area contributed by atoms with Crippen LogP contribution in [0.2, 0.25) is 0 Å². The highest BCUT2D eigenvalue weighted by Gasteiger charge is 2.03. The molecule has 0 atom stereocenters. The summed E-state index contributed by atoms with van der Waals surface area (Å²) in [6.45, 7) is 1.99. The summed E-state index contributed by atoms with van der Waals surface area (Å²) in [7, 11) is 0. The average molecular weight is 206 g/mol. The monoisotopic (exact) mass is 206 g/mol. The van der Waals surface area contributed by atoms with Gasteiger partial charge in [-0.05, 0) is 30.7 Å². The minimum absolute atomic E-state index is 1.02. The van der Waals surface area contributed by atoms with E-state index in [1.807, 2.05) is 53.8 Å². The molecule has 1 N–H and O–H groups in total. The van der Waals surface area contributed by atoms with Crippen LogP contribution in [0.5, 0.6) is 0 Å². The third-order valence-corrected chi connectivity index (χ3v) is 2.41. The van der Waals surface area contributed by atoms with Crippen molar-refractivity contribution in [2.75, 3.05) is 11.2 Å². The molecule has 0 heterocycles. The van der Waals surface area contributed by atoms with Gasteiger partial charge in [0.05, 0.1) is 6.34 Å². The van der Waals surface area contributed by atoms with Crippen molar-refractivity contribution in [3.05, 3.63) is 41.4 Å². The van der Waals surface area contributed by atoms with E-state index in [0.29, 0.717) is 0 Å². The predicted octanol–water partition coefficient (Wildman–Crippen LogP) is 3.32. The summed E-state index contributed by atoms with van der Waals surface area (Å²) in [6.07, 6.45) is 3.34. The number of thioether (sulfide) groups is 1. The van der Waals surface area contributed by atoms with E-state index in [9.17, 15) is 0 Å². The molecule has 3 heteroatoms. The van der Waals surface area contributed by atoms with Gasteiger partial charge in [-0.1, -0.05) is 18.2 Å². The van der Waals surface area contributed by atoms with Crippen LogP contribution in [0.4, 0.5) is 5.69 Å². The van der Waals surface area contributed by atoms with Crippen molar-refractivity contribution in [2.24, 2.45) is 0 Å². The molecule has 1 rings (SSSR count). The highest BCUT2D eigenvalue weighted by atomic mass is 32.2. The maximum Gasteiger partial charge on any atom is 0.0905 e. The van der Waals surface area contributed by atoms with Gasteiger partial charge in [0.15, 0.2) is 0 Å². The van der Waals surface area contributed by atoms with Crippen LogP contribution in [-0.4, -0.2) is 12.6 Å². The topological polar surface area (TPSA) is 27.1 Å². The number of nitrogens with one attached hydrogen (secondary N) is 1. The molecule has 1 aromatic rings. The van der Waals surface area contributed by atoms with Crippen LogP contribution < -0.4 is 4.90 Å². The third-order valence-electron chi connectivity index (χ3n) is 1.83. The van der Waals surface area contributed by atoms with E-state index in [2.05, 4.69) is 0 Å². The third kappa shape index (κ3) is 2.64. The minimum Gasteiger partial charge on any atom is -0.305 e. The van der Waals surface area contributed by atoms with Gasteiger partial charge >= 0.3 is 0 Å². The van der Waals surface area contributed by atoms with E-state index in [4.69, 9.17) is 5.41 Å². The lowest BCUT2D eigenvalue weighted by atomic mass is 10.3. The maximum atomic E-state index is 7.36. The van der Waals surface area contributed by atoms with E-state index in [1.54, 1.807) is 11.8 Å². The normalized spacial score (nSPS) is 11.1. The Labute approximate surface area is 89.1 Å². The lowest BCUT2D eigenvalue weighted by molar-refractivity contribution is 1.21. The van der Waals surface area contributed by atoms with E-state index >= 15 is 0 Å². The zero-order valence-electron chi connectivity index (χ0n) is 8.40. The number of rotatable bonds is 4. The van der Waals surface area contributed by atoms with Gasteiger partial charge in [-0.2, -0.15) is 0 Å². The van der Waals surface area contributed by atoms with Gasteiger partial charge in [-0.3, -0.25) is 5.41 Å². The van der Waals surface area contributed by atoms with Crippen molar-refractivity contribution >= 4 is 23.8 Å². The average Bonchev–Trinajstić information content (AvgIpc) is 2.21. The molecular weight excluding hydrogens is 192 g/mol. The first kappa shape index (κ1) is 10.9. The van der Waals surface area contributed by atoms with Gasteiger partial charge in [-0.15, -0.1) is 11.8 Å². The number of para-hydroxylation sites is 1. The highest BCUT2D eigenvalue weighted by molar-refractivity contribution is 8.01. The number of benzene rings is 1. The van der Waals surface area contributed by atoms with Crippen molar-refractivity contribution in [1.82, 2.24) is 0 Å². The molecule has 0 aromatic heterocycles. The smallest absolute Gasteiger partial charge is 0.0905 e. The SMILES string of the molecule is CS/C=C(/C)N(C=N)c1ccccc1. The van der Waals surface area contributed by atoms with Crippen LogP contribution in [0.1, 0.15) is 6.92 Å². The Morgan fingerprint density at radius 3 is 2.50 bits per heavy atom. The standard InChI is InChI=1S/C11H14N2S/c1-10(8-14-2)13(9-12)11-6-4-3-5-7-11/h3-9,12H,1-2H3/b10-8-,12-9?. The molecule has 0 bridgehead atoms. The highest BCUT2D eigenvalue weighted by Crippen LogP contribution is 2.17. The Hall–Kier alpha value is -1.22. The number of anilines is 1. The van der Waals surface area contributed by atoms with E-state index in [0.717, 1.165) is 11.4 Å². The summed E-state index contributed by atoms with van der Waals surface area (Å²) in [5, 5.41) is 9.38. The lowest BCUT2D eigenvalue weighted by Crippen LogP contribution is -2.17. The summed E-state index contributed by atoms with van der Waals surface area (Å²) in [4.78, 5) is 1.84. The van der Waals surface area contributed by atoms with E-state index in [1.165, 1.54) is 6.34 Å². The van der Waals surface area contributed by atoms with Crippen molar-refractivity contribution in [1.29, 1.82) is 5.41 Å². The summed E-state index contributed by atoms with van der Waals surface area (Å²) < 4.78 is 0. The van der Waals surface area contributed by atoms with Gasteiger partial charge in [0.1, 0.15) is 0 Å². The molecular formula is C11H14N2S. The van der Waals surface area contributed by atoms with Crippen molar-refractivity contribution < 1.29 is 0 Å². The second-order valence-electron chi connectivity index (χ2n) is 2.83. The van der Waals surface area contributed by atoms with E-state index < -0.39 is 0 Å². The van der Waals surface area contributed by atoms with Gasteiger partial charge in [0.2, 0.25) is 0 Å². The number of hydrogen-bond donors (Lipinski definition) is 1. The minimum atomic E-state index is 1.02. The first-order valence-electron chi connectivity index (χ1n) is 4.34. The Balaban J connectivity index is 2.93. The van der Waals surface area contributed by atoms with Crippen molar-refractivity contribution in [3.63, 3.8) is 0 Å². The fourth-order valence-electron chi connectivity index (χ4n) is 1.20. The van der Waals surface area contributed by atoms with Crippen LogP contribution >= 0.6 is 11.8 Å². The summed E-state index contributed by atoms with van der Waals surface area (Å²) in [6, 6.07) is 9.89. The van der Waals surface area contributed by atoms with Crippen molar-refractivity contribution in [2.45, 2.75) is 6.92 Å². The van der Waals surface area contributed by atoms with Crippen LogP contribution in [0.3, 0.4) is 0 Å². The molecule has 0 amide bonds. The summed E-state index contributed by atoms with van der Waals surface area (Å²) in [5.41, 5.74) is 2.07. The van der Waals surface area contributed by atoms with Crippen LogP contribution in [0, 0.1) is 5.41 Å². The summed E-state index contributed by atoms with van der Waals surface area (Å²) in [5.74, 6) is 0. The molecule has 0 radical (unpaired) electrons. The van der Waals surface area contributed by atoms with E-state index in [-0.39, 0.29) is 0 Å². The lowest BCUT2D eigenvalue weighted by Gasteiger charge is -2.19. The summed E-state index contributed by atoms with van der Waals surface area (Å²) >= 11 is 1.64. The van der Waals surface area contributed by atoms with Gasteiger partial charge < -0.3 is 4.90 Å². The molecule has 2 nitrogen and oxygen atoms in total. The van der Waals surface area contributed by atoms with Gasteiger partial charge in [0, 0.05) is 11.4 Å². The van der Waals surface area contributed by atoms with Gasteiger partial charge in [0.25, 0.3) is 0 Å². The molecule has 0 saturated heterocycles. The zero-order chi connectivity index (χ0) is 10.4. The number of nitrogens with zero attached hydrogens (tertiary/aromatic N) is 1. The molecule has 0 unspecified atom stereocenters. The largest absolute Gasteiger partial charge is 0.305 e. The fourth-order valence-corrected chi connectivity index (χ4v) is 1.65. The first-order valence-corrected chi connectivity index (χ1v) is 5.63. The van der Waals surface area contributed by atoms with Gasteiger partial charge in [-0.25, -0.2) is 0 Å². The Bertz CT molecular complexity index is 319. The molecule has 1 aromatic carbocycles. The molecule has 0 spiro atoms. The first-order chi connectivity index (χ1) is 6.79. The molecule has 0 aliphatic heterocycles. The Kier molecular flexibility index (Phi) is 4.26. The molecule has 0 fully saturated rings. The van der Waals surface area contributed by atoms with Crippen LogP contribution in [-0.2, 0) is 0 Å². The quantitative estimate of drug-likeness (QED) is 0.604. The zero-order valence-corrected chi connectivity index (χ0v) is 9.21. The molecule has 14 heavy (non-hydrogen) atoms. The predicted molar refractivity (Wildman–Crippen MR) is 65.0 cm³/mol. The molecule has 0 aliphatic rings. The Morgan fingerprint density at radius 1 is 1.36 bits per heavy atom.